The Morgan fingerprint density at radius 3 is 2.58 bits per heavy atom. The molecule has 1 aromatic heterocycles. The highest BCUT2D eigenvalue weighted by molar-refractivity contribution is 5.84. The number of fused-ring (bicyclic) bond motifs is 1. The lowest BCUT2D eigenvalue weighted by Crippen LogP contribution is -2.24. The summed E-state index contributed by atoms with van der Waals surface area (Å²) in [7, 11) is 0. The highest BCUT2D eigenvalue weighted by atomic mass is 16.5. The van der Waals surface area contributed by atoms with Crippen LogP contribution in [0.1, 0.15) is 23.4 Å². The summed E-state index contributed by atoms with van der Waals surface area (Å²) in [6, 6.07) is 22.4. The first-order chi connectivity index (χ1) is 16.2. The third kappa shape index (κ3) is 6.70. The number of aryl methyl sites for hydroxylation is 1. The predicted octanol–water partition coefficient (Wildman–Crippen LogP) is 4.00. The fourth-order valence-electron chi connectivity index (χ4n) is 3.42. The Kier molecular flexibility index (Phi) is 7.37. The number of ether oxygens (including phenoxy) is 2. The molecular weight excluding hydrogens is 422 g/mol. The summed E-state index contributed by atoms with van der Waals surface area (Å²) >= 11 is 0. The number of alkyl carbamates (subject to hydrolysis) is 1. The van der Waals surface area contributed by atoms with Gasteiger partial charge >= 0.3 is 11.8 Å². The smallest absolute Gasteiger partial charge is 0.438 e. The lowest BCUT2D eigenvalue weighted by atomic mass is 10.1. The number of carbonyl (C=O) groups is 1. The van der Waals surface area contributed by atoms with Crippen LogP contribution in [0.25, 0.3) is 10.8 Å². The maximum absolute atomic E-state index is 11.9. The molecule has 1 heterocycles. The fourth-order valence-corrected chi connectivity index (χ4v) is 3.42. The quantitative estimate of drug-likeness (QED) is 0.356. The van der Waals surface area contributed by atoms with Crippen LogP contribution in [-0.2, 0) is 24.1 Å². The van der Waals surface area contributed by atoms with Crippen LogP contribution in [-0.4, -0.2) is 29.4 Å². The van der Waals surface area contributed by atoms with Crippen LogP contribution in [0.5, 0.6) is 5.75 Å². The molecule has 0 saturated heterocycles. The van der Waals surface area contributed by atoms with E-state index in [1.165, 1.54) is 5.56 Å². The van der Waals surface area contributed by atoms with Crippen molar-refractivity contribution >= 4 is 16.9 Å². The Morgan fingerprint density at radius 2 is 1.76 bits per heavy atom. The van der Waals surface area contributed by atoms with Gasteiger partial charge in [0.2, 0.25) is 0 Å². The van der Waals surface area contributed by atoms with Crippen LogP contribution in [0.3, 0.4) is 0 Å². The largest absolute Gasteiger partial charge is 0.494 e. The Hall–Kier alpha value is -4.07. The molecule has 4 rings (SSSR count). The van der Waals surface area contributed by atoms with Gasteiger partial charge in [0.1, 0.15) is 12.4 Å². The van der Waals surface area contributed by atoms with Crippen molar-refractivity contribution in [3.05, 3.63) is 94.2 Å². The second-order valence-corrected chi connectivity index (χ2v) is 7.56. The number of aromatic amines is 1. The first kappa shape index (κ1) is 22.1. The number of hydrogen-bond donors (Lipinski definition) is 2. The van der Waals surface area contributed by atoms with Gasteiger partial charge in [0.05, 0.1) is 6.61 Å². The number of nitrogens with zero attached hydrogens (tertiary/aromatic N) is 1. The van der Waals surface area contributed by atoms with Crippen molar-refractivity contribution < 1.29 is 18.8 Å². The first-order valence-corrected chi connectivity index (χ1v) is 10.8. The summed E-state index contributed by atoms with van der Waals surface area (Å²) in [5, 5.41) is 8.36. The van der Waals surface area contributed by atoms with Crippen molar-refractivity contribution in [2.45, 2.75) is 25.8 Å². The van der Waals surface area contributed by atoms with Crippen molar-refractivity contribution in [1.29, 1.82) is 0 Å². The normalized spacial score (nSPS) is 10.8. The average Bonchev–Trinajstić information content (AvgIpc) is 3.26. The third-order valence-corrected chi connectivity index (χ3v) is 5.09. The summed E-state index contributed by atoms with van der Waals surface area (Å²) in [5.74, 6) is 0.549. The number of carbonyl (C=O) groups excluding carboxylic acids is 1. The summed E-state index contributed by atoms with van der Waals surface area (Å²) in [6.07, 6.45) is 1.68. The van der Waals surface area contributed by atoms with E-state index < -0.39 is 11.8 Å². The molecule has 2 N–H and O–H groups in total. The number of hydrogen-bond acceptors (Lipinski definition) is 6. The van der Waals surface area contributed by atoms with Gasteiger partial charge in [-0.15, -0.1) is 0 Å². The van der Waals surface area contributed by atoms with Crippen LogP contribution < -0.4 is 15.8 Å². The number of benzene rings is 3. The number of rotatable bonds is 10. The van der Waals surface area contributed by atoms with Gasteiger partial charge in [0, 0.05) is 13.0 Å². The van der Waals surface area contributed by atoms with Crippen molar-refractivity contribution in [3.8, 4) is 5.75 Å². The van der Waals surface area contributed by atoms with Gasteiger partial charge in [-0.05, 0) is 52.9 Å². The molecule has 4 aromatic rings. The molecule has 0 radical (unpaired) electrons. The average molecular weight is 447 g/mol. The molecule has 8 heteroatoms. The van der Waals surface area contributed by atoms with E-state index in [1.807, 2.05) is 42.5 Å². The Labute approximate surface area is 190 Å². The number of nitrogens with one attached hydrogen (secondary N) is 2. The van der Waals surface area contributed by atoms with Gasteiger partial charge in [0.25, 0.3) is 0 Å². The SMILES string of the molecule is O=C(NCc1ccc2cc(OCCCc3ccccc3)ccc2c1)OCCc1noc(=O)[nH]1. The van der Waals surface area contributed by atoms with Gasteiger partial charge in [-0.1, -0.05) is 53.7 Å². The highest BCUT2D eigenvalue weighted by Crippen LogP contribution is 2.22. The molecule has 0 aliphatic carbocycles. The molecule has 8 nitrogen and oxygen atoms in total. The van der Waals surface area contributed by atoms with Crippen LogP contribution in [0.2, 0.25) is 0 Å². The molecular formula is C25H25N3O5. The topological polar surface area (TPSA) is 106 Å². The molecule has 0 spiro atoms. The minimum atomic E-state index is -0.632. The Bertz CT molecular complexity index is 1250. The number of amides is 1. The Balaban J connectivity index is 1.21. The minimum Gasteiger partial charge on any atom is -0.494 e. The van der Waals surface area contributed by atoms with Gasteiger partial charge in [-0.2, -0.15) is 0 Å². The molecule has 1 amide bonds. The van der Waals surface area contributed by atoms with E-state index in [4.69, 9.17) is 9.47 Å². The lowest BCUT2D eigenvalue weighted by molar-refractivity contribution is 0.146. The molecule has 33 heavy (non-hydrogen) atoms. The van der Waals surface area contributed by atoms with Gasteiger partial charge in [-0.3, -0.25) is 9.51 Å². The van der Waals surface area contributed by atoms with Gasteiger partial charge in [0.15, 0.2) is 5.82 Å². The van der Waals surface area contributed by atoms with Gasteiger partial charge in [-0.25, -0.2) is 9.59 Å². The van der Waals surface area contributed by atoms with Crippen molar-refractivity contribution in [2.24, 2.45) is 0 Å². The predicted molar refractivity (Wildman–Crippen MR) is 123 cm³/mol. The van der Waals surface area contributed by atoms with Crippen LogP contribution in [0, 0.1) is 0 Å². The van der Waals surface area contributed by atoms with Crippen molar-refractivity contribution in [2.75, 3.05) is 13.2 Å². The van der Waals surface area contributed by atoms with Crippen molar-refractivity contribution in [3.63, 3.8) is 0 Å². The molecule has 0 aliphatic rings. The van der Waals surface area contributed by atoms with Crippen LogP contribution in [0.4, 0.5) is 4.79 Å². The third-order valence-electron chi connectivity index (χ3n) is 5.09. The van der Waals surface area contributed by atoms with E-state index in [-0.39, 0.29) is 13.0 Å². The molecule has 0 unspecified atom stereocenters. The summed E-state index contributed by atoms with van der Waals surface area (Å²) in [6.45, 7) is 1.09. The molecule has 0 bridgehead atoms. The second kappa shape index (κ2) is 11.0. The standard InChI is InChI=1S/C25H25N3O5/c29-24(32-14-12-23-27-25(30)33-28-23)26-17-19-8-9-21-16-22(11-10-20(21)15-19)31-13-4-7-18-5-2-1-3-6-18/h1-3,5-6,8-11,15-16H,4,7,12-14,17H2,(H,26,29)(H,27,28,30). The molecule has 0 aliphatic heterocycles. The second-order valence-electron chi connectivity index (χ2n) is 7.56. The van der Waals surface area contributed by atoms with E-state index in [9.17, 15) is 9.59 Å². The highest BCUT2D eigenvalue weighted by Gasteiger charge is 2.06. The zero-order chi connectivity index (χ0) is 22.9. The minimum absolute atomic E-state index is 0.0835. The fraction of sp³-hybridized carbons (Fsp3) is 0.240. The molecule has 0 saturated carbocycles. The Morgan fingerprint density at radius 1 is 0.939 bits per heavy atom. The van der Waals surface area contributed by atoms with Crippen LogP contribution >= 0.6 is 0 Å². The summed E-state index contributed by atoms with van der Waals surface area (Å²) in [5.41, 5.74) is 2.27. The molecule has 3 aromatic carbocycles. The summed E-state index contributed by atoms with van der Waals surface area (Å²) < 4.78 is 15.4. The molecule has 0 atom stereocenters. The van der Waals surface area contributed by atoms with Gasteiger partial charge < -0.3 is 14.8 Å². The van der Waals surface area contributed by atoms with E-state index in [1.54, 1.807) is 0 Å². The molecule has 0 fully saturated rings. The van der Waals surface area contributed by atoms with Crippen LogP contribution in [0.15, 0.2) is 76.0 Å². The monoisotopic (exact) mass is 447 g/mol. The maximum atomic E-state index is 11.9. The molecule has 170 valence electrons. The zero-order valence-corrected chi connectivity index (χ0v) is 18.1. The summed E-state index contributed by atoms with van der Waals surface area (Å²) in [4.78, 5) is 25.1. The van der Waals surface area contributed by atoms with E-state index in [2.05, 4.69) is 44.2 Å². The number of H-pyrrole nitrogens is 1. The van der Waals surface area contributed by atoms with Crippen molar-refractivity contribution in [1.82, 2.24) is 15.5 Å². The number of aromatic nitrogens is 2. The lowest BCUT2D eigenvalue weighted by Gasteiger charge is -2.09. The van der Waals surface area contributed by atoms with E-state index >= 15 is 0 Å². The van der Waals surface area contributed by atoms with E-state index in [0.717, 1.165) is 34.9 Å². The maximum Gasteiger partial charge on any atom is 0.438 e. The van der Waals surface area contributed by atoms with E-state index in [0.29, 0.717) is 19.0 Å². The first-order valence-electron chi connectivity index (χ1n) is 10.8. The zero-order valence-electron chi connectivity index (χ0n) is 18.1.